The van der Waals surface area contributed by atoms with Crippen molar-refractivity contribution in [2.24, 2.45) is 11.8 Å². The summed E-state index contributed by atoms with van der Waals surface area (Å²) in [6.45, 7) is 0. The van der Waals surface area contributed by atoms with Gasteiger partial charge in [0.05, 0.1) is 12.2 Å². The maximum absolute atomic E-state index is 11.9. The first-order valence-corrected chi connectivity index (χ1v) is 10.3. The zero-order chi connectivity index (χ0) is 15.1. The molecule has 2 saturated carbocycles. The van der Waals surface area contributed by atoms with Crippen LogP contribution in [0.15, 0.2) is 0 Å². The minimum absolute atomic E-state index is 0.0499. The maximum atomic E-state index is 11.9. The fourth-order valence-electron chi connectivity index (χ4n) is 3.96. The Morgan fingerprint density at radius 3 is 1.48 bits per heavy atom. The Balaban J connectivity index is 1.97. The zero-order valence-corrected chi connectivity index (χ0v) is 13.4. The number of nitrogens with one attached hydrogen (secondary N) is 1. The van der Waals surface area contributed by atoms with E-state index < -0.39 is 32.8 Å². The second-order valence-electron chi connectivity index (χ2n) is 6.16. The van der Waals surface area contributed by atoms with Crippen LogP contribution in [-0.4, -0.2) is 29.0 Å². The lowest BCUT2D eigenvalue weighted by atomic mass is 9.70. The van der Waals surface area contributed by atoms with E-state index in [0.29, 0.717) is 12.8 Å². The van der Waals surface area contributed by atoms with Gasteiger partial charge in [0.2, 0.25) is 0 Å². The molecule has 4 unspecified atom stereocenters. The van der Waals surface area contributed by atoms with E-state index >= 15 is 0 Å². The smallest absolute Gasteiger partial charge is 0.254 e. The summed E-state index contributed by atoms with van der Waals surface area (Å²) in [5.74, 6) is 0.0999. The molecule has 0 radical (unpaired) electrons. The lowest BCUT2D eigenvalue weighted by molar-refractivity contribution is -0.00419. The Bertz CT molecular complexity index is 535. The van der Waals surface area contributed by atoms with Crippen LogP contribution in [0, 0.1) is 11.8 Å². The van der Waals surface area contributed by atoms with E-state index in [9.17, 15) is 16.8 Å². The first-order valence-electron chi connectivity index (χ1n) is 7.51. The third-order valence-electron chi connectivity index (χ3n) is 4.76. The molecule has 3 fully saturated rings. The van der Waals surface area contributed by atoms with Crippen LogP contribution in [0.1, 0.15) is 51.4 Å². The molecule has 1 N–H and O–H groups in total. The van der Waals surface area contributed by atoms with Crippen molar-refractivity contribution in [3.05, 3.63) is 0 Å². The van der Waals surface area contributed by atoms with Crippen molar-refractivity contribution in [3.63, 3.8) is 0 Å². The van der Waals surface area contributed by atoms with Gasteiger partial charge in [0.1, 0.15) is 0 Å². The van der Waals surface area contributed by atoms with Crippen molar-refractivity contribution in [2.75, 3.05) is 0 Å². The first kappa shape index (κ1) is 15.7. The van der Waals surface area contributed by atoms with E-state index in [0.717, 1.165) is 38.5 Å². The van der Waals surface area contributed by atoms with Gasteiger partial charge in [-0.15, -0.1) is 0 Å². The second-order valence-corrected chi connectivity index (χ2v) is 9.03. The molecule has 7 nitrogen and oxygen atoms in total. The Hall–Kier alpha value is -0.220. The fraction of sp³-hybridized carbons (Fsp3) is 1.00. The summed E-state index contributed by atoms with van der Waals surface area (Å²) in [5, 5.41) is 0. The van der Waals surface area contributed by atoms with Gasteiger partial charge < -0.3 is 0 Å². The van der Waals surface area contributed by atoms with Crippen LogP contribution < -0.4 is 4.13 Å². The quantitative estimate of drug-likeness (QED) is 0.713. The van der Waals surface area contributed by atoms with Crippen LogP contribution in [0.3, 0.4) is 0 Å². The predicted molar refractivity (Wildman–Crippen MR) is 74.6 cm³/mol. The van der Waals surface area contributed by atoms with Crippen LogP contribution in [0.4, 0.5) is 0 Å². The standard InChI is InChI=1S/C12H21NO6S2/c14-20(15)13-21(16,17)19-12-8-4-2-6-10(12)9-5-1-3-7-11(9)18-20/h9-13H,1-8H2. The molecule has 2 aliphatic carbocycles. The lowest BCUT2D eigenvalue weighted by Crippen LogP contribution is -2.41. The average molecular weight is 339 g/mol. The van der Waals surface area contributed by atoms with Crippen molar-refractivity contribution in [1.29, 1.82) is 0 Å². The molecule has 122 valence electrons. The molecule has 3 aliphatic rings. The minimum atomic E-state index is -4.35. The van der Waals surface area contributed by atoms with E-state index in [4.69, 9.17) is 8.37 Å². The molecule has 3 rings (SSSR count). The molecule has 0 bridgehead atoms. The topological polar surface area (TPSA) is 98.8 Å². The molecule has 4 atom stereocenters. The van der Waals surface area contributed by atoms with Gasteiger partial charge in [-0.05, 0) is 37.5 Å². The van der Waals surface area contributed by atoms with Gasteiger partial charge in [0.15, 0.2) is 0 Å². The van der Waals surface area contributed by atoms with Crippen LogP contribution in [0.25, 0.3) is 0 Å². The van der Waals surface area contributed by atoms with Gasteiger partial charge in [-0.25, -0.2) is 0 Å². The van der Waals surface area contributed by atoms with Crippen LogP contribution in [0.5, 0.6) is 0 Å². The molecule has 1 saturated heterocycles. The van der Waals surface area contributed by atoms with E-state index in [-0.39, 0.29) is 11.8 Å². The summed E-state index contributed by atoms with van der Waals surface area (Å²) in [7, 11) is -8.70. The molecule has 0 aromatic rings. The third kappa shape index (κ3) is 3.58. The molecular formula is C12H21NO6S2. The van der Waals surface area contributed by atoms with Crippen LogP contribution >= 0.6 is 0 Å². The highest BCUT2D eigenvalue weighted by molar-refractivity contribution is 8.00. The Morgan fingerprint density at radius 1 is 0.667 bits per heavy atom. The number of rotatable bonds is 0. The molecule has 1 aliphatic heterocycles. The highest BCUT2D eigenvalue weighted by Crippen LogP contribution is 2.42. The van der Waals surface area contributed by atoms with Gasteiger partial charge in [0, 0.05) is 0 Å². The van der Waals surface area contributed by atoms with Gasteiger partial charge in [-0.3, -0.25) is 8.37 Å². The van der Waals surface area contributed by atoms with E-state index in [1.807, 2.05) is 0 Å². The Kier molecular flexibility index (Phi) is 4.30. The molecule has 21 heavy (non-hydrogen) atoms. The summed E-state index contributed by atoms with van der Waals surface area (Å²) in [6, 6.07) is 0. The highest BCUT2D eigenvalue weighted by atomic mass is 32.3. The molecule has 9 heteroatoms. The Morgan fingerprint density at radius 2 is 1.05 bits per heavy atom. The van der Waals surface area contributed by atoms with Gasteiger partial charge in [0.25, 0.3) is 0 Å². The normalized spacial score (nSPS) is 42.7. The molecule has 0 spiro atoms. The summed E-state index contributed by atoms with van der Waals surface area (Å²) < 4.78 is 59.3. The molecule has 0 aromatic carbocycles. The second kappa shape index (κ2) is 5.77. The number of hydrogen-bond acceptors (Lipinski definition) is 6. The summed E-state index contributed by atoms with van der Waals surface area (Å²) in [6.07, 6.45) is 5.99. The first-order chi connectivity index (χ1) is 9.86. The largest absolute Gasteiger partial charge is 0.351 e. The van der Waals surface area contributed by atoms with Crippen LogP contribution in [-0.2, 0) is 29.0 Å². The molecule has 1 heterocycles. The van der Waals surface area contributed by atoms with Gasteiger partial charge in [-0.2, -0.15) is 16.8 Å². The third-order valence-corrected chi connectivity index (χ3v) is 7.40. The van der Waals surface area contributed by atoms with Gasteiger partial charge in [-0.1, -0.05) is 29.8 Å². The van der Waals surface area contributed by atoms with Crippen molar-refractivity contribution in [1.82, 2.24) is 4.13 Å². The molecule has 0 aromatic heterocycles. The van der Waals surface area contributed by atoms with E-state index in [1.54, 1.807) is 4.13 Å². The zero-order valence-electron chi connectivity index (χ0n) is 11.7. The summed E-state index contributed by atoms with van der Waals surface area (Å²) in [4.78, 5) is 0. The van der Waals surface area contributed by atoms with Crippen molar-refractivity contribution < 1.29 is 25.2 Å². The SMILES string of the molecule is O=S1(=O)NS(=O)(=O)OC2CCCCC2C2CCCCC2O1. The van der Waals surface area contributed by atoms with E-state index in [2.05, 4.69) is 0 Å². The monoisotopic (exact) mass is 339 g/mol. The minimum Gasteiger partial charge on any atom is -0.254 e. The molecular weight excluding hydrogens is 318 g/mol. The number of fused-ring (bicyclic) bond motifs is 3. The average Bonchev–Trinajstić information content (AvgIpc) is 2.40. The maximum Gasteiger partial charge on any atom is 0.351 e. The van der Waals surface area contributed by atoms with Crippen molar-refractivity contribution in [3.8, 4) is 0 Å². The lowest BCUT2D eigenvalue weighted by Gasteiger charge is -2.40. The van der Waals surface area contributed by atoms with Crippen molar-refractivity contribution >= 4 is 20.6 Å². The van der Waals surface area contributed by atoms with Crippen LogP contribution in [0.2, 0.25) is 0 Å². The predicted octanol–water partition coefficient (Wildman–Crippen LogP) is 1.23. The number of hydrogen-bond donors (Lipinski definition) is 1. The van der Waals surface area contributed by atoms with E-state index in [1.165, 1.54) is 0 Å². The van der Waals surface area contributed by atoms with Crippen molar-refractivity contribution in [2.45, 2.75) is 63.6 Å². The highest BCUT2D eigenvalue weighted by Gasteiger charge is 2.44. The molecule has 0 amide bonds. The summed E-state index contributed by atoms with van der Waals surface area (Å²) >= 11 is 0. The summed E-state index contributed by atoms with van der Waals surface area (Å²) in [5.41, 5.74) is 0. The fourth-order valence-corrected chi connectivity index (χ4v) is 6.40. The Labute approximate surface area is 125 Å². The van der Waals surface area contributed by atoms with Gasteiger partial charge >= 0.3 is 20.6 Å².